The van der Waals surface area contributed by atoms with Crippen molar-refractivity contribution in [2.24, 2.45) is 5.92 Å². The lowest BCUT2D eigenvalue weighted by Crippen LogP contribution is -2.39. The number of aliphatic carboxylic acids is 1. The van der Waals surface area contributed by atoms with Gasteiger partial charge in [0.05, 0.1) is 0 Å². The molecule has 0 aliphatic carbocycles. The Hall–Kier alpha value is -2.04. The second-order valence-electron chi connectivity index (χ2n) is 7.77. The molecule has 1 N–H and O–H groups in total. The summed E-state index contributed by atoms with van der Waals surface area (Å²) in [6, 6.07) is 7.60. The maximum atomic E-state index is 12.4. The van der Waals surface area contributed by atoms with Crippen LogP contribution in [0.25, 0.3) is 0 Å². The highest BCUT2D eigenvalue weighted by atomic mass is 16.5. The van der Waals surface area contributed by atoms with Crippen molar-refractivity contribution in [2.45, 2.75) is 58.5 Å². The number of nitrogens with zero attached hydrogens (tertiary/aromatic N) is 1. The molecule has 5 heteroatoms. The van der Waals surface area contributed by atoms with E-state index in [0.29, 0.717) is 18.1 Å². The molecule has 1 aromatic carbocycles. The van der Waals surface area contributed by atoms with Crippen molar-refractivity contribution in [3.8, 4) is 5.75 Å². The Balaban J connectivity index is 2.09. The van der Waals surface area contributed by atoms with Crippen molar-refractivity contribution >= 4 is 11.9 Å². The van der Waals surface area contributed by atoms with Crippen LogP contribution in [0.1, 0.15) is 58.4 Å². The molecule has 138 valence electrons. The first-order valence-electron chi connectivity index (χ1n) is 8.99. The first kappa shape index (κ1) is 19.3. The van der Waals surface area contributed by atoms with Gasteiger partial charge >= 0.3 is 5.97 Å². The summed E-state index contributed by atoms with van der Waals surface area (Å²) in [6.07, 6.45) is 2.60. The lowest BCUT2D eigenvalue weighted by molar-refractivity contribution is -0.152. The van der Waals surface area contributed by atoms with Crippen LogP contribution in [0.2, 0.25) is 0 Å². The van der Waals surface area contributed by atoms with Crippen LogP contribution in [0.15, 0.2) is 24.3 Å². The molecule has 0 saturated carbocycles. The lowest BCUT2D eigenvalue weighted by atomic mass is 9.90. The zero-order chi connectivity index (χ0) is 18.6. The summed E-state index contributed by atoms with van der Waals surface area (Å²) in [4.78, 5) is 25.6. The summed E-state index contributed by atoms with van der Waals surface area (Å²) in [6.45, 7) is 8.74. The Kier molecular flexibility index (Phi) is 6.09. The molecular formula is C20H29NO4. The highest BCUT2D eigenvalue weighted by Gasteiger charge is 2.30. The first-order valence-corrected chi connectivity index (χ1v) is 8.99. The van der Waals surface area contributed by atoms with Crippen LogP contribution in [0, 0.1) is 5.92 Å². The number of likely N-dealkylation sites (tertiary alicyclic amines) is 1. The molecule has 1 unspecified atom stereocenters. The Morgan fingerprint density at radius 3 is 2.72 bits per heavy atom. The lowest BCUT2D eigenvalue weighted by Gasteiger charge is -2.34. The molecule has 0 radical (unpaired) electrons. The summed E-state index contributed by atoms with van der Waals surface area (Å²) >= 11 is 0. The number of piperidine rings is 1. The van der Waals surface area contributed by atoms with Crippen LogP contribution in [0.5, 0.6) is 5.75 Å². The number of carboxylic acids is 1. The fourth-order valence-corrected chi connectivity index (χ4v) is 3.12. The topological polar surface area (TPSA) is 66.8 Å². The molecule has 1 atom stereocenters. The summed E-state index contributed by atoms with van der Waals surface area (Å²) in [5.74, 6) is 0.403. The number of amides is 1. The third-order valence-electron chi connectivity index (χ3n) is 4.57. The zero-order valence-corrected chi connectivity index (χ0v) is 15.6. The van der Waals surface area contributed by atoms with Crippen molar-refractivity contribution < 1.29 is 19.4 Å². The molecule has 1 saturated heterocycles. The van der Waals surface area contributed by atoms with E-state index in [1.807, 2.05) is 23.1 Å². The van der Waals surface area contributed by atoms with E-state index in [1.165, 1.54) is 13.8 Å². The Bertz CT molecular complexity index is 624. The Labute approximate surface area is 150 Å². The van der Waals surface area contributed by atoms with Gasteiger partial charge < -0.3 is 14.7 Å². The first-order chi connectivity index (χ1) is 11.7. The second-order valence-corrected chi connectivity index (χ2v) is 7.77. The third kappa shape index (κ3) is 5.21. The van der Waals surface area contributed by atoms with Crippen molar-refractivity contribution in [1.82, 2.24) is 4.90 Å². The van der Waals surface area contributed by atoms with Crippen molar-refractivity contribution in [3.05, 3.63) is 29.8 Å². The zero-order valence-electron chi connectivity index (χ0n) is 15.6. The molecule has 0 aromatic heterocycles. The van der Waals surface area contributed by atoms with Gasteiger partial charge in [0.15, 0.2) is 5.60 Å². The number of hydrogen-bond donors (Lipinski definition) is 1. The van der Waals surface area contributed by atoms with Crippen LogP contribution in [-0.2, 0) is 9.59 Å². The number of rotatable bonds is 6. The van der Waals surface area contributed by atoms with E-state index in [0.717, 1.165) is 31.5 Å². The molecule has 0 bridgehead atoms. The minimum absolute atomic E-state index is 0.221. The van der Waals surface area contributed by atoms with Gasteiger partial charge in [0, 0.05) is 25.4 Å². The monoisotopic (exact) mass is 347 g/mol. The number of carbonyl (C=O) groups excluding carboxylic acids is 1. The third-order valence-corrected chi connectivity index (χ3v) is 4.57. The fraction of sp³-hybridized carbons (Fsp3) is 0.600. The van der Waals surface area contributed by atoms with Crippen LogP contribution in [0.3, 0.4) is 0 Å². The largest absolute Gasteiger partial charge is 0.478 e. The van der Waals surface area contributed by atoms with E-state index < -0.39 is 11.6 Å². The van der Waals surface area contributed by atoms with Crippen LogP contribution in [0.4, 0.5) is 0 Å². The summed E-state index contributed by atoms with van der Waals surface area (Å²) in [5, 5.41) is 9.22. The van der Waals surface area contributed by atoms with E-state index in [1.54, 1.807) is 6.07 Å². The highest BCUT2D eigenvalue weighted by Crippen LogP contribution is 2.30. The van der Waals surface area contributed by atoms with Crippen LogP contribution in [-0.4, -0.2) is 40.6 Å². The minimum Gasteiger partial charge on any atom is -0.478 e. The van der Waals surface area contributed by atoms with Crippen molar-refractivity contribution in [3.63, 3.8) is 0 Å². The number of carboxylic acid groups (broad SMARTS) is 1. The molecule has 1 fully saturated rings. The maximum Gasteiger partial charge on any atom is 0.347 e. The SMILES string of the molecule is CC(C)CC(=O)N1CCCC(c2cccc(OC(C)(C)C(=O)O)c2)C1. The van der Waals surface area contributed by atoms with Gasteiger partial charge in [0.25, 0.3) is 0 Å². The van der Waals surface area contributed by atoms with E-state index in [9.17, 15) is 14.7 Å². The predicted molar refractivity (Wildman–Crippen MR) is 96.8 cm³/mol. The molecule has 1 aromatic rings. The van der Waals surface area contributed by atoms with Gasteiger partial charge in [0.2, 0.25) is 5.91 Å². The van der Waals surface area contributed by atoms with E-state index in [-0.39, 0.29) is 11.8 Å². The minimum atomic E-state index is -1.27. The van der Waals surface area contributed by atoms with Gasteiger partial charge in [-0.3, -0.25) is 4.79 Å². The smallest absolute Gasteiger partial charge is 0.347 e. The summed E-state index contributed by atoms with van der Waals surface area (Å²) in [5.41, 5.74) is -0.175. The van der Waals surface area contributed by atoms with Gasteiger partial charge in [-0.15, -0.1) is 0 Å². The average molecular weight is 347 g/mol. The molecule has 5 nitrogen and oxygen atoms in total. The van der Waals surface area contributed by atoms with E-state index in [2.05, 4.69) is 13.8 Å². The second kappa shape index (κ2) is 7.89. The standard InChI is InChI=1S/C20H29NO4/c1-14(2)11-18(22)21-10-6-8-16(13-21)15-7-5-9-17(12-15)25-20(3,4)19(23)24/h5,7,9,12,14,16H,6,8,10-11,13H2,1-4H3,(H,23,24). The van der Waals surface area contributed by atoms with E-state index >= 15 is 0 Å². The Morgan fingerprint density at radius 1 is 1.36 bits per heavy atom. The van der Waals surface area contributed by atoms with E-state index in [4.69, 9.17) is 4.74 Å². The number of hydrogen-bond acceptors (Lipinski definition) is 3. The fourth-order valence-electron chi connectivity index (χ4n) is 3.12. The predicted octanol–water partition coefficient (Wildman–Crippen LogP) is 3.68. The molecular weight excluding hydrogens is 318 g/mol. The van der Waals surface area contributed by atoms with Gasteiger partial charge in [0.1, 0.15) is 5.75 Å². The van der Waals surface area contributed by atoms with Crippen molar-refractivity contribution in [1.29, 1.82) is 0 Å². The molecule has 1 aliphatic rings. The average Bonchev–Trinajstić information content (AvgIpc) is 2.54. The van der Waals surface area contributed by atoms with Crippen LogP contribution < -0.4 is 4.74 Å². The molecule has 1 heterocycles. The number of carbonyl (C=O) groups is 2. The molecule has 1 aliphatic heterocycles. The molecule has 2 rings (SSSR count). The maximum absolute atomic E-state index is 12.4. The Morgan fingerprint density at radius 2 is 2.08 bits per heavy atom. The number of benzene rings is 1. The van der Waals surface area contributed by atoms with Gasteiger partial charge in [-0.25, -0.2) is 4.79 Å². The summed E-state index contributed by atoms with van der Waals surface area (Å²) < 4.78 is 5.64. The van der Waals surface area contributed by atoms with Crippen molar-refractivity contribution in [2.75, 3.05) is 13.1 Å². The normalized spacial score (nSPS) is 18.3. The quantitative estimate of drug-likeness (QED) is 0.852. The highest BCUT2D eigenvalue weighted by molar-refractivity contribution is 5.77. The van der Waals surface area contributed by atoms with Crippen LogP contribution >= 0.6 is 0 Å². The molecule has 25 heavy (non-hydrogen) atoms. The van der Waals surface area contributed by atoms with Gasteiger partial charge in [-0.2, -0.15) is 0 Å². The molecule has 1 amide bonds. The summed E-state index contributed by atoms with van der Waals surface area (Å²) in [7, 11) is 0. The molecule has 0 spiro atoms. The van der Waals surface area contributed by atoms with Gasteiger partial charge in [-0.05, 0) is 50.3 Å². The number of ether oxygens (including phenoxy) is 1. The van der Waals surface area contributed by atoms with Gasteiger partial charge in [-0.1, -0.05) is 26.0 Å².